The number of ether oxygens (including phenoxy) is 1. The lowest BCUT2D eigenvalue weighted by molar-refractivity contribution is -0.669. The Labute approximate surface area is 104 Å². The highest BCUT2D eigenvalue weighted by Crippen LogP contribution is 2.33. The molecule has 16 heavy (non-hydrogen) atoms. The molecule has 0 amide bonds. The van der Waals surface area contributed by atoms with Crippen molar-refractivity contribution in [3.63, 3.8) is 0 Å². The van der Waals surface area contributed by atoms with Crippen LogP contribution < -0.4 is 9.30 Å². The van der Waals surface area contributed by atoms with Crippen LogP contribution in [-0.2, 0) is 6.54 Å². The molecular weight excluding hydrogens is 238 g/mol. The van der Waals surface area contributed by atoms with E-state index in [1.807, 2.05) is 11.3 Å². The second kappa shape index (κ2) is 4.63. The summed E-state index contributed by atoms with van der Waals surface area (Å²) >= 11 is 3.58. The average Bonchev–Trinajstić information content (AvgIpc) is 2.61. The van der Waals surface area contributed by atoms with E-state index in [0.29, 0.717) is 0 Å². The summed E-state index contributed by atoms with van der Waals surface area (Å²) in [6.07, 6.45) is 2.08. The number of hydrogen-bond acceptors (Lipinski definition) is 3. The van der Waals surface area contributed by atoms with E-state index in [0.717, 1.165) is 12.3 Å². The number of aromatic nitrogens is 1. The minimum Gasteiger partial charge on any atom is -0.495 e. The second-order valence-electron chi connectivity index (χ2n) is 3.54. The molecule has 0 aliphatic heterocycles. The van der Waals surface area contributed by atoms with Crippen LogP contribution in [0.1, 0.15) is 11.9 Å². The van der Waals surface area contributed by atoms with E-state index in [9.17, 15) is 0 Å². The van der Waals surface area contributed by atoms with Gasteiger partial charge < -0.3 is 4.74 Å². The van der Waals surface area contributed by atoms with Gasteiger partial charge in [-0.1, -0.05) is 11.3 Å². The monoisotopic (exact) mass is 254 g/mol. The van der Waals surface area contributed by atoms with Crippen molar-refractivity contribution in [2.75, 3.05) is 13.4 Å². The molecular formula is C12H16NOS2+. The number of methoxy groups -OCH3 is 1. The second-order valence-corrected chi connectivity index (χ2v) is 5.62. The molecule has 0 saturated carbocycles. The third-order valence-electron chi connectivity index (χ3n) is 2.71. The lowest BCUT2D eigenvalue weighted by Crippen LogP contribution is -2.33. The van der Waals surface area contributed by atoms with Crippen LogP contribution in [0.25, 0.3) is 10.2 Å². The van der Waals surface area contributed by atoms with Gasteiger partial charge in [-0.3, -0.25) is 0 Å². The van der Waals surface area contributed by atoms with Crippen molar-refractivity contribution >= 4 is 33.3 Å². The highest BCUT2D eigenvalue weighted by Gasteiger charge is 2.18. The van der Waals surface area contributed by atoms with E-state index in [1.165, 1.54) is 20.1 Å². The van der Waals surface area contributed by atoms with Crippen LogP contribution in [0.2, 0.25) is 0 Å². The number of thiazole rings is 1. The summed E-state index contributed by atoms with van der Waals surface area (Å²) < 4.78 is 9.09. The Bertz CT molecular complexity index is 519. The Hall–Kier alpha value is -0.740. The van der Waals surface area contributed by atoms with E-state index < -0.39 is 0 Å². The maximum atomic E-state index is 5.42. The fourth-order valence-electron chi connectivity index (χ4n) is 1.92. The van der Waals surface area contributed by atoms with Gasteiger partial charge in [0.05, 0.1) is 18.1 Å². The van der Waals surface area contributed by atoms with Gasteiger partial charge in [-0.2, -0.15) is 4.57 Å². The normalized spacial score (nSPS) is 11.0. The molecule has 2 rings (SSSR count). The maximum Gasteiger partial charge on any atom is 0.235 e. The molecule has 4 heteroatoms. The Balaban J connectivity index is 2.73. The molecule has 2 aromatic rings. The SMILES string of the molecule is CC[n+]1c(C)sc2cc(SC)c(OC)cc21. The minimum absolute atomic E-state index is 0.972. The molecule has 2 nitrogen and oxygen atoms in total. The summed E-state index contributed by atoms with van der Waals surface area (Å²) in [4.78, 5) is 1.21. The van der Waals surface area contributed by atoms with E-state index in [2.05, 4.69) is 36.8 Å². The number of rotatable bonds is 3. The van der Waals surface area contributed by atoms with Crippen molar-refractivity contribution in [2.45, 2.75) is 25.3 Å². The van der Waals surface area contributed by atoms with E-state index in [1.54, 1.807) is 18.9 Å². The van der Waals surface area contributed by atoms with Crippen LogP contribution in [-0.4, -0.2) is 13.4 Å². The number of nitrogens with zero attached hydrogens (tertiary/aromatic N) is 1. The first-order valence-electron chi connectivity index (χ1n) is 5.26. The summed E-state index contributed by atoms with van der Waals surface area (Å²) in [7, 11) is 1.73. The van der Waals surface area contributed by atoms with Gasteiger partial charge >= 0.3 is 0 Å². The summed E-state index contributed by atoms with van der Waals surface area (Å²) in [5, 5.41) is 1.35. The molecule has 86 valence electrons. The first-order valence-corrected chi connectivity index (χ1v) is 7.30. The topological polar surface area (TPSA) is 13.1 Å². The van der Waals surface area contributed by atoms with Crippen molar-refractivity contribution in [3.8, 4) is 5.75 Å². The summed E-state index contributed by atoms with van der Waals surface area (Å²) in [6.45, 7) is 5.35. The molecule has 0 N–H and O–H groups in total. The van der Waals surface area contributed by atoms with Crippen LogP contribution in [0.15, 0.2) is 17.0 Å². The number of thioether (sulfide) groups is 1. The van der Waals surface area contributed by atoms with Crippen molar-refractivity contribution in [3.05, 3.63) is 17.1 Å². The Kier molecular flexibility index (Phi) is 3.40. The predicted molar refractivity (Wildman–Crippen MR) is 70.8 cm³/mol. The zero-order valence-corrected chi connectivity index (χ0v) is 11.7. The van der Waals surface area contributed by atoms with Crippen molar-refractivity contribution in [1.82, 2.24) is 0 Å². The van der Waals surface area contributed by atoms with Gasteiger partial charge in [0, 0.05) is 6.92 Å². The zero-order chi connectivity index (χ0) is 11.7. The Morgan fingerprint density at radius 2 is 2.19 bits per heavy atom. The molecule has 0 saturated heterocycles. The minimum atomic E-state index is 0.972. The molecule has 1 heterocycles. The van der Waals surface area contributed by atoms with Crippen molar-refractivity contribution in [1.29, 1.82) is 0 Å². The quantitative estimate of drug-likeness (QED) is 0.616. The molecule has 0 aliphatic rings. The lowest BCUT2D eigenvalue weighted by atomic mass is 10.3. The van der Waals surface area contributed by atoms with Crippen LogP contribution in [0.3, 0.4) is 0 Å². The number of aryl methyl sites for hydroxylation is 2. The van der Waals surface area contributed by atoms with Crippen LogP contribution >= 0.6 is 23.1 Å². The predicted octanol–water partition coefficient (Wildman–Crippen LogP) is 3.25. The van der Waals surface area contributed by atoms with Crippen LogP contribution in [0, 0.1) is 6.92 Å². The van der Waals surface area contributed by atoms with Gasteiger partial charge in [-0.15, -0.1) is 11.8 Å². The molecule has 0 aliphatic carbocycles. The Morgan fingerprint density at radius 1 is 1.44 bits per heavy atom. The van der Waals surface area contributed by atoms with E-state index in [-0.39, 0.29) is 0 Å². The summed E-state index contributed by atoms with van der Waals surface area (Å²) in [5.74, 6) is 0.972. The third kappa shape index (κ3) is 1.80. The maximum absolute atomic E-state index is 5.42. The van der Waals surface area contributed by atoms with Crippen LogP contribution in [0.5, 0.6) is 5.75 Å². The van der Waals surface area contributed by atoms with Gasteiger partial charge in [-0.25, -0.2) is 0 Å². The van der Waals surface area contributed by atoms with Crippen molar-refractivity contribution in [2.24, 2.45) is 0 Å². The first kappa shape index (κ1) is 11.7. The largest absolute Gasteiger partial charge is 0.495 e. The number of fused-ring (bicyclic) bond motifs is 1. The van der Waals surface area contributed by atoms with Crippen LogP contribution in [0.4, 0.5) is 0 Å². The standard InChI is InChI=1S/C12H16NOS2/c1-5-13-8(2)16-11-7-12(15-4)10(14-3)6-9(11)13/h6-7H,5H2,1-4H3/q+1. The first-order chi connectivity index (χ1) is 7.71. The van der Waals surface area contributed by atoms with Gasteiger partial charge in [0.1, 0.15) is 17.0 Å². The van der Waals surface area contributed by atoms with Crippen molar-refractivity contribution < 1.29 is 9.30 Å². The highest BCUT2D eigenvalue weighted by molar-refractivity contribution is 7.98. The van der Waals surface area contributed by atoms with Gasteiger partial charge in [0.15, 0.2) is 0 Å². The molecule has 1 aromatic heterocycles. The van der Waals surface area contributed by atoms with E-state index >= 15 is 0 Å². The zero-order valence-electron chi connectivity index (χ0n) is 10.0. The molecule has 1 aromatic carbocycles. The molecule has 0 atom stereocenters. The lowest BCUT2D eigenvalue weighted by Gasteiger charge is -2.04. The van der Waals surface area contributed by atoms with E-state index in [4.69, 9.17) is 4.74 Å². The van der Waals surface area contributed by atoms with Gasteiger partial charge in [-0.05, 0) is 19.2 Å². The summed E-state index contributed by atoms with van der Waals surface area (Å²) in [6, 6.07) is 4.37. The number of hydrogen-bond donors (Lipinski definition) is 0. The summed E-state index contributed by atoms with van der Waals surface area (Å²) in [5.41, 5.74) is 1.28. The molecule has 0 spiro atoms. The highest BCUT2D eigenvalue weighted by atomic mass is 32.2. The molecule has 0 radical (unpaired) electrons. The number of benzene rings is 1. The molecule has 0 bridgehead atoms. The smallest absolute Gasteiger partial charge is 0.235 e. The molecule has 0 unspecified atom stereocenters. The third-order valence-corrected chi connectivity index (χ3v) is 4.53. The molecule has 0 fully saturated rings. The fourth-order valence-corrected chi connectivity index (χ4v) is 3.68. The van der Waals surface area contributed by atoms with Gasteiger partial charge in [0.2, 0.25) is 10.5 Å². The fraction of sp³-hybridized carbons (Fsp3) is 0.417. The van der Waals surface area contributed by atoms with Gasteiger partial charge in [0.25, 0.3) is 0 Å². The average molecular weight is 254 g/mol. The Morgan fingerprint density at radius 3 is 2.75 bits per heavy atom.